The van der Waals surface area contributed by atoms with Crippen LogP contribution in [0.25, 0.3) is 0 Å². The van der Waals surface area contributed by atoms with Crippen molar-refractivity contribution < 1.29 is 21.3 Å². The second-order valence-corrected chi connectivity index (χ2v) is 13.1. The number of thiophene rings is 1. The maximum absolute atomic E-state index is 12.8. The Morgan fingerprint density at radius 1 is 1.09 bits per heavy atom. The van der Waals surface area contributed by atoms with Gasteiger partial charge in [-0.3, -0.25) is 4.72 Å². The lowest BCUT2D eigenvalue weighted by Gasteiger charge is -2.53. The number of nitrogens with one attached hydrogen (secondary N) is 2. The van der Waals surface area contributed by atoms with Crippen LogP contribution in [0, 0.1) is 0 Å². The van der Waals surface area contributed by atoms with Crippen LogP contribution in [0.3, 0.4) is 0 Å². The van der Waals surface area contributed by atoms with E-state index in [2.05, 4.69) is 48.6 Å². The number of rotatable bonds is 8. The summed E-state index contributed by atoms with van der Waals surface area (Å²) in [6, 6.07) is 8.99. The summed E-state index contributed by atoms with van der Waals surface area (Å²) in [5, 5.41) is 2.15. The summed E-state index contributed by atoms with van der Waals surface area (Å²) in [7, 11) is -7.10. The van der Waals surface area contributed by atoms with Crippen LogP contribution in [0.4, 0.5) is 5.69 Å². The average molecular weight is 523 g/mol. The van der Waals surface area contributed by atoms with Gasteiger partial charge >= 0.3 is 0 Å². The third-order valence-corrected chi connectivity index (χ3v) is 9.65. The molecule has 0 amide bonds. The second kappa shape index (κ2) is 9.99. The molecule has 0 saturated heterocycles. The number of sulfonamides is 2. The normalized spacial score (nSPS) is 23.4. The van der Waals surface area contributed by atoms with Gasteiger partial charge in [-0.25, -0.2) is 21.6 Å². The van der Waals surface area contributed by atoms with Crippen molar-refractivity contribution in [3.63, 3.8) is 0 Å². The number of hydrogen-bond acceptors (Lipinski definition) is 5. The first kappa shape index (κ1) is 27.1. The van der Waals surface area contributed by atoms with Crippen LogP contribution in [0.5, 0.6) is 0 Å². The molecule has 0 bridgehead atoms. The van der Waals surface area contributed by atoms with Gasteiger partial charge in [-0.05, 0) is 69.0 Å². The molecular weight excluding hydrogens is 490 g/mol. The quantitative estimate of drug-likeness (QED) is 0.516. The molecule has 180 valence electrons. The fourth-order valence-electron chi connectivity index (χ4n) is 4.97. The molecule has 0 spiro atoms. The van der Waals surface area contributed by atoms with Gasteiger partial charge in [0, 0.05) is 12.1 Å². The molecule has 0 radical (unpaired) electrons. The van der Waals surface area contributed by atoms with Gasteiger partial charge in [-0.1, -0.05) is 0 Å². The Labute approximate surface area is 202 Å². The number of nitrogens with zero attached hydrogens (tertiary/aromatic N) is 1. The number of quaternary nitrogens is 1. The maximum atomic E-state index is 12.8. The van der Waals surface area contributed by atoms with Crippen molar-refractivity contribution >= 4 is 49.5 Å². The minimum Gasteiger partial charge on any atom is -0.311 e. The lowest BCUT2D eigenvalue weighted by atomic mass is 9.90. The smallest absolute Gasteiger partial charge is 0.240 e. The summed E-state index contributed by atoms with van der Waals surface area (Å²) >= 11 is 1.79. The second-order valence-electron chi connectivity index (χ2n) is 8.65. The van der Waals surface area contributed by atoms with Crippen molar-refractivity contribution in [2.75, 3.05) is 24.1 Å². The van der Waals surface area contributed by atoms with Crippen molar-refractivity contribution in [3.05, 3.63) is 46.2 Å². The first-order chi connectivity index (χ1) is 14.4. The zero-order valence-corrected chi connectivity index (χ0v) is 22.3. The first-order valence-electron chi connectivity index (χ1n) is 10.4. The zero-order chi connectivity index (χ0) is 23.0. The van der Waals surface area contributed by atoms with Crippen LogP contribution in [0.2, 0.25) is 0 Å². The Bertz CT molecular complexity index is 1130. The number of benzene rings is 1. The van der Waals surface area contributed by atoms with E-state index < -0.39 is 20.0 Å². The largest absolute Gasteiger partial charge is 0.311 e. The van der Waals surface area contributed by atoms with Crippen LogP contribution in [-0.4, -0.2) is 52.7 Å². The lowest BCUT2D eigenvalue weighted by molar-refractivity contribution is -0.994. The van der Waals surface area contributed by atoms with Crippen LogP contribution in [0.15, 0.2) is 40.6 Å². The molecular formula is C21H33ClN3O4S3+. The van der Waals surface area contributed by atoms with Gasteiger partial charge in [0.05, 0.1) is 41.2 Å². The molecule has 32 heavy (non-hydrogen) atoms. The zero-order valence-electron chi connectivity index (χ0n) is 19.0. The molecule has 1 aromatic carbocycles. The average Bonchev–Trinajstić information content (AvgIpc) is 3.11. The van der Waals surface area contributed by atoms with Gasteiger partial charge in [-0.2, -0.15) is 0 Å². The molecule has 11 heteroatoms. The van der Waals surface area contributed by atoms with E-state index in [1.54, 1.807) is 11.3 Å². The Hall–Kier alpha value is -1.17. The summed E-state index contributed by atoms with van der Waals surface area (Å²) in [4.78, 5) is 1.52. The summed E-state index contributed by atoms with van der Waals surface area (Å²) in [5.74, 6) is 0. The van der Waals surface area contributed by atoms with Gasteiger partial charge in [0.15, 0.2) is 0 Å². The van der Waals surface area contributed by atoms with E-state index in [-0.39, 0.29) is 17.3 Å². The summed E-state index contributed by atoms with van der Waals surface area (Å²) in [6.45, 7) is 9.98. The highest BCUT2D eigenvalue weighted by molar-refractivity contribution is 7.92. The number of fused-ring (bicyclic) bond motifs is 1. The predicted molar refractivity (Wildman–Crippen MR) is 134 cm³/mol. The third kappa shape index (κ3) is 5.48. The van der Waals surface area contributed by atoms with Crippen LogP contribution in [-0.2, 0) is 26.5 Å². The highest BCUT2D eigenvalue weighted by Crippen LogP contribution is 2.44. The number of halogens is 1. The van der Waals surface area contributed by atoms with Crippen LogP contribution in [0.1, 0.15) is 44.2 Å². The highest BCUT2D eigenvalue weighted by Gasteiger charge is 2.47. The minimum absolute atomic E-state index is 0. The number of hydrogen-bond donors (Lipinski definition) is 2. The van der Waals surface area contributed by atoms with E-state index in [1.807, 2.05) is 0 Å². The number of anilines is 1. The summed E-state index contributed by atoms with van der Waals surface area (Å²) in [6.07, 6.45) is 2.05. The molecule has 0 saturated carbocycles. The molecule has 3 atom stereocenters. The van der Waals surface area contributed by atoms with E-state index in [9.17, 15) is 16.8 Å². The topological polar surface area (TPSA) is 92.3 Å². The van der Waals surface area contributed by atoms with Crippen LogP contribution >= 0.6 is 23.7 Å². The minimum atomic E-state index is -3.69. The Kier molecular flexibility index (Phi) is 8.45. The van der Waals surface area contributed by atoms with Gasteiger partial charge in [0.25, 0.3) is 0 Å². The molecule has 7 nitrogen and oxygen atoms in total. The molecule has 2 aromatic rings. The van der Waals surface area contributed by atoms with E-state index in [0.717, 1.165) is 17.2 Å². The molecule has 1 aliphatic heterocycles. The predicted octanol–water partition coefficient (Wildman–Crippen LogP) is 3.75. The molecule has 1 aromatic heterocycles. The first-order valence-corrected chi connectivity index (χ1v) is 14.6. The van der Waals surface area contributed by atoms with Crippen molar-refractivity contribution in [2.24, 2.45) is 0 Å². The highest BCUT2D eigenvalue weighted by atomic mass is 35.5. The maximum Gasteiger partial charge on any atom is 0.240 e. The van der Waals surface area contributed by atoms with Crippen molar-refractivity contribution in [2.45, 2.75) is 57.1 Å². The molecule has 1 aliphatic rings. The Balaban J connectivity index is 0.00000363. The van der Waals surface area contributed by atoms with E-state index >= 15 is 0 Å². The lowest BCUT2D eigenvalue weighted by Crippen LogP contribution is -2.64. The van der Waals surface area contributed by atoms with Crippen molar-refractivity contribution in [1.29, 1.82) is 0 Å². The fraction of sp³-hybridized carbons (Fsp3) is 0.524. The molecule has 2 heterocycles. The van der Waals surface area contributed by atoms with E-state index in [0.29, 0.717) is 36.9 Å². The summed E-state index contributed by atoms with van der Waals surface area (Å²) < 4.78 is 54.2. The molecule has 0 fully saturated rings. The molecule has 3 rings (SSSR count). The Morgan fingerprint density at radius 2 is 1.72 bits per heavy atom. The van der Waals surface area contributed by atoms with Gasteiger partial charge in [0.2, 0.25) is 20.0 Å². The fourth-order valence-corrected chi connectivity index (χ4v) is 7.63. The van der Waals surface area contributed by atoms with E-state index in [4.69, 9.17) is 0 Å². The van der Waals surface area contributed by atoms with Crippen molar-refractivity contribution in [1.82, 2.24) is 4.72 Å². The van der Waals surface area contributed by atoms with Gasteiger partial charge in [0.1, 0.15) is 6.04 Å². The van der Waals surface area contributed by atoms with Crippen molar-refractivity contribution in [3.8, 4) is 0 Å². The van der Waals surface area contributed by atoms with Gasteiger partial charge in [-0.15, -0.1) is 23.7 Å². The molecule has 0 aliphatic carbocycles. The molecule has 2 N–H and O–H groups in total. The van der Waals surface area contributed by atoms with Crippen LogP contribution < -0.4 is 9.44 Å². The molecule has 1 unspecified atom stereocenters. The van der Waals surface area contributed by atoms with Gasteiger partial charge < -0.3 is 4.48 Å². The third-order valence-electron chi connectivity index (χ3n) is 6.44. The SMILES string of the molecule is CC(C)[N+]1(CCNS(=O)(=O)c2ccc(NS(C)(=O)=O)cc2)[C@H](C)Cc2ccsc2[C@@H]1C.Cl. The standard InChI is InChI=1S/C21H32N3O4S3.ClH/c1-15(2)24(16(3)14-18-10-13-29-21(18)17(24)4)12-11-22-31(27,28)20-8-6-19(7-9-20)23-30(5,25)26;/h6-10,13,15-17,22-23H,11-12,14H2,1-5H3;1H/q+1;/t16-,17+,24?;/m1./s1. The monoisotopic (exact) mass is 522 g/mol. The van der Waals surface area contributed by atoms with E-state index in [1.165, 1.54) is 34.7 Å². The summed E-state index contributed by atoms with van der Waals surface area (Å²) in [5.41, 5.74) is 1.75. The Morgan fingerprint density at radius 3 is 2.28 bits per heavy atom.